The maximum Gasteiger partial charge on any atom is 0.344 e. The first-order chi connectivity index (χ1) is 17.0. The number of hydrogen-bond acceptors (Lipinski definition) is 7. The summed E-state index contributed by atoms with van der Waals surface area (Å²) in [6.45, 7) is 2.07. The summed E-state index contributed by atoms with van der Waals surface area (Å²) < 4.78 is 15.5. The van der Waals surface area contributed by atoms with Crippen LogP contribution in [-0.2, 0) is 23.8 Å². The molecule has 1 saturated heterocycles. The molecule has 0 bridgehead atoms. The Morgan fingerprint density at radius 1 is 0.886 bits per heavy atom. The Hall–Kier alpha value is -2.25. The van der Waals surface area contributed by atoms with E-state index in [1.54, 1.807) is 30.3 Å². The molecular weight excluding hydrogens is 448 g/mol. The van der Waals surface area contributed by atoms with Gasteiger partial charge in [0.25, 0.3) is 0 Å². The number of ether oxygens (including phenoxy) is 3. The van der Waals surface area contributed by atoms with Crippen molar-refractivity contribution in [3.05, 3.63) is 35.9 Å². The minimum atomic E-state index is -1.44. The Bertz CT molecular complexity index is 749. The van der Waals surface area contributed by atoms with E-state index >= 15 is 0 Å². The third kappa shape index (κ3) is 10.9. The van der Waals surface area contributed by atoms with E-state index in [1.807, 2.05) is 0 Å². The third-order valence-electron chi connectivity index (χ3n) is 6.27. The summed E-state index contributed by atoms with van der Waals surface area (Å²) in [7, 11) is 0. The van der Waals surface area contributed by atoms with Gasteiger partial charge in [-0.05, 0) is 18.6 Å². The first-order valence-electron chi connectivity index (χ1n) is 13.3. The van der Waals surface area contributed by atoms with Crippen molar-refractivity contribution in [3.8, 4) is 0 Å². The Morgan fingerprint density at radius 3 is 2.00 bits per heavy atom. The average molecular weight is 491 g/mol. The van der Waals surface area contributed by atoms with Crippen LogP contribution in [0.25, 0.3) is 0 Å². The summed E-state index contributed by atoms with van der Waals surface area (Å²) >= 11 is 0. The van der Waals surface area contributed by atoms with Gasteiger partial charge in [-0.25, -0.2) is 9.59 Å². The lowest BCUT2D eigenvalue weighted by Crippen LogP contribution is -2.38. The molecule has 1 aromatic rings. The first kappa shape index (κ1) is 29.0. The maximum atomic E-state index is 12.5. The molecule has 1 heterocycles. The van der Waals surface area contributed by atoms with Crippen molar-refractivity contribution in [2.75, 3.05) is 13.2 Å². The minimum absolute atomic E-state index is 0.287. The number of aliphatic hydroxyl groups is 1. The highest BCUT2D eigenvalue weighted by Crippen LogP contribution is 2.19. The highest BCUT2D eigenvalue weighted by Gasteiger charge is 2.48. The number of rotatable bonds is 19. The molecule has 1 aromatic carbocycles. The second kappa shape index (κ2) is 17.2. The highest BCUT2D eigenvalue weighted by atomic mass is 16.6. The predicted octanol–water partition coefficient (Wildman–Crippen LogP) is 5.18. The summed E-state index contributed by atoms with van der Waals surface area (Å²) in [5.74, 6) is -2.06. The van der Waals surface area contributed by atoms with E-state index in [0.717, 1.165) is 19.3 Å². The predicted molar refractivity (Wildman–Crippen MR) is 133 cm³/mol. The molecule has 0 amide bonds. The molecule has 196 valence electrons. The van der Waals surface area contributed by atoms with Crippen molar-refractivity contribution >= 4 is 17.7 Å². The number of ketones is 1. The van der Waals surface area contributed by atoms with E-state index in [2.05, 4.69) is 6.92 Å². The molecule has 0 aromatic heterocycles. The number of esters is 2. The van der Waals surface area contributed by atoms with Crippen molar-refractivity contribution in [1.82, 2.24) is 0 Å². The topological polar surface area (TPSA) is 99.1 Å². The van der Waals surface area contributed by atoms with Gasteiger partial charge >= 0.3 is 11.9 Å². The molecule has 0 aliphatic carbocycles. The molecule has 0 radical (unpaired) electrons. The second-order valence-electron chi connectivity index (χ2n) is 9.29. The number of Topliss-reactive ketones (excluding diaryl/α,β-unsaturated/α-hetero) is 1. The van der Waals surface area contributed by atoms with Crippen molar-refractivity contribution in [2.45, 2.75) is 109 Å². The van der Waals surface area contributed by atoms with Crippen molar-refractivity contribution in [3.63, 3.8) is 0 Å². The fraction of sp³-hybridized carbons (Fsp3) is 0.679. The summed E-state index contributed by atoms with van der Waals surface area (Å²) in [5.41, 5.74) is 0.327. The standard InChI is InChI=1S/C28H42O7/c1-2-3-4-5-6-7-8-9-10-11-12-13-17-20-33-26-24(30)25(35-28(26)32)23(29)21-34-27(31)22-18-15-14-16-19-22/h14-16,18-19,23,25-26,29H,2-13,17,20-21H2,1H3/t23-,25+,26?/m0/s1. The molecular formula is C28H42O7. The van der Waals surface area contributed by atoms with Crippen LogP contribution in [0.1, 0.15) is 101 Å². The van der Waals surface area contributed by atoms with Gasteiger partial charge in [0.1, 0.15) is 12.7 Å². The number of unbranched alkanes of at least 4 members (excludes halogenated alkanes) is 12. The van der Waals surface area contributed by atoms with Gasteiger partial charge in [-0.1, -0.05) is 102 Å². The van der Waals surface area contributed by atoms with E-state index in [4.69, 9.17) is 14.2 Å². The Balaban J connectivity index is 1.52. The van der Waals surface area contributed by atoms with Gasteiger partial charge in [0.15, 0.2) is 6.10 Å². The molecule has 7 nitrogen and oxygen atoms in total. The molecule has 1 aliphatic rings. The Kier molecular flexibility index (Phi) is 14.3. The van der Waals surface area contributed by atoms with Gasteiger partial charge in [0.05, 0.1) is 5.56 Å². The lowest BCUT2D eigenvalue weighted by atomic mass is 10.0. The number of carbonyl (C=O) groups is 3. The minimum Gasteiger partial charge on any atom is -0.459 e. The number of aliphatic hydroxyl groups excluding tert-OH is 1. The lowest BCUT2D eigenvalue weighted by Gasteiger charge is -2.15. The van der Waals surface area contributed by atoms with Crippen LogP contribution in [0.3, 0.4) is 0 Å². The van der Waals surface area contributed by atoms with E-state index in [-0.39, 0.29) is 6.61 Å². The average Bonchev–Trinajstić information content (AvgIpc) is 3.16. The maximum absolute atomic E-state index is 12.5. The number of hydrogen-bond donors (Lipinski definition) is 1. The number of benzene rings is 1. The monoisotopic (exact) mass is 490 g/mol. The van der Waals surface area contributed by atoms with Gasteiger partial charge in [0.2, 0.25) is 11.9 Å². The zero-order chi connectivity index (χ0) is 25.3. The van der Waals surface area contributed by atoms with Gasteiger partial charge in [0, 0.05) is 6.61 Å². The van der Waals surface area contributed by atoms with Crippen LogP contribution < -0.4 is 0 Å². The summed E-state index contributed by atoms with van der Waals surface area (Å²) in [4.78, 5) is 36.5. The molecule has 3 atom stereocenters. The lowest BCUT2D eigenvalue weighted by molar-refractivity contribution is -0.153. The van der Waals surface area contributed by atoms with Crippen molar-refractivity contribution in [2.24, 2.45) is 0 Å². The van der Waals surface area contributed by atoms with Crippen LogP contribution in [0.2, 0.25) is 0 Å². The summed E-state index contributed by atoms with van der Waals surface area (Å²) in [6, 6.07) is 8.30. The zero-order valence-electron chi connectivity index (χ0n) is 21.1. The largest absolute Gasteiger partial charge is 0.459 e. The number of cyclic esters (lactones) is 1. The fourth-order valence-corrected chi connectivity index (χ4v) is 4.16. The van der Waals surface area contributed by atoms with Crippen LogP contribution in [0.15, 0.2) is 30.3 Å². The van der Waals surface area contributed by atoms with Crippen LogP contribution >= 0.6 is 0 Å². The summed E-state index contributed by atoms with van der Waals surface area (Å²) in [6.07, 6.45) is 11.8. The van der Waals surface area contributed by atoms with Crippen LogP contribution in [0.5, 0.6) is 0 Å². The van der Waals surface area contributed by atoms with Crippen molar-refractivity contribution in [1.29, 1.82) is 0 Å². The van der Waals surface area contributed by atoms with E-state index in [1.165, 1.54) is 64.2 Å². The van der Waals surface area contributed by atoms with Crippen molar-refractivity contribution < 1.29 is 33.7 Å². The van der Waals surface area contributed by atoms with Gasteiger partial charge in [-0.15, -0.1) is 0 Å². The van der Waals surface area contributed by atoms with Crippen LogP contribution in [0.4, 0.5) is 0 Å². The molecule has 7 heteroatoms. The molecule has 2 rings (SSSR count). The number of carbonyl (C=O) groups excluding carboxylic acids is 3. The molecule has 0 saturated carbocycles. The molecule has 0 spiro atoms. The molecule has 1 fully saturated rings. The van der Waals surface area contributed by atoms with E-state index in [9.17, 15) is 19.5 Å². The second-order valence-corrected chi connectivity index (χ2v) is 9.29. The molecule has 1 unspecified atom stereocenters. The molecule has 1 N–H and O–H groups in total. The highest BCUT2D eigenvalue weighted by molar-refractivity contribution is 6.09. The normalized spacial score (nSPS) is 18.5. The Labute approximate surface area is 209 Å². The van der Waals surface area contributed by atoms with Crippen LogP contribution in [0, 0.1) is 0 Å². The van der Waals surface area contributed by atoms with Crippen LogP contribution in [-0.4, -0.2) is 54.4 Å². The van der Waals surface area contributed by atoms with E-state index in [0.29, 0.717) is 5.56 Å². The van der Waals surface area contributed by atoms with Gasteiger partial charge in [-0.3, -0.25) is 4.79 Å². The van der Waals surface area contributed by atoms with Gasteiger partial charge < -0.3 is 19.3 Å². The zero-order valence-corrected chi connectivity index (χ0v) is 21.1. The molecule has 1 aliphatic heterocycles. The SMILES string of the molecule is CCCCCCCCCCCCCCCOC1C(=O)O[C@H]([C@@H](O)COC(=O)c2ccccc2)C1=O. The smallest absolute Gasteiger partial charge is 0.344 e. The fourth-order valence-electron chi connectivity index (χ4n) is 4.16. The summed E-state index contributed by atoms with van der Waals surface area (Å²) in [5, 5.41) is 10.2. The quantitative estimate of drug-likeness (QED) is 0.162. The first-order valence-corrected chi connectivity index (χ1v) is 13.3. The van der Waals surface area contributed by atoms with E-state index < -0.39 is 42.6 Å². The van der Waals surface area contributed by atoms with Gasteiger partial charge in [-0.2, -0.15) is 0 Å². The third-order valence-corrected chi connectivity index (χ3v) is 6.27. The Morgan fingerprint density at radius 2 is 1.43 bits per heavy atom. The molecule has 35 heavy (non-hydrogen) atoms.